The molecule has 0 spiro atoms. The Morgan fingerprint density at radius 3 is 2.50 bits per heavy atom. The lowest BCUT2D eigenvalue weighted by molar-refractivity contribution is -0.122. The Hall–Kier alpha value is -1.26. The van der Waals surface area contributed by atoms with Gasteiger partial charge in [0.25, 0.3) is 0 Å². The van der Waals surface area contributed by atoms with Crippen LogP contribution in [0.25, 0.3) is 0 Å². The highest BCUT2D eigenvalue weighted by Crippen LogP contribution is 2.06. The largest absolute Gasteiger partial charge is 0.409 e. The summed E-state index contributed by atoms with van der Waals surface area (Å²) in [6.07, 6.45) is 4.73. The number of hydrogen-bond acceptors (Lipinski definition) is 3. The molecule has 0 saturated heterocycles. The van der Waals surface area contributed by atoms with Crippen LogP contribution in [0.2, 0.25) is 0 Å². The van der Waals surface area contributed by atoms with Crippen molar-refractivity contribution in [1.29, 1.82) is 0 Å². The van der Waals surface area contributed by atoms with Crippen LogP contribution in [-0.2, 0) is 4.79 Å². The summed E-state index contributed by atoms with van der Waals surface area (Å²) < 4.78 is 0. The molecule has 0 bridgehead atoms. The molecule has 5 heteroatoms. The van der Waals surface area contributed by atoms with Crippen molar-refractivity contribution < 1.29 is 10.0 Å². The molecule has 4 N–H and O–H groups in total. The van der Waals surface area contributed by atoms with Gasteiger partial charge in [0, 0.05) is 6.42 Å². The number of oxime groups is 1. The number of nitrogens with one attached hydrogen (secondary N) is 1. The van der Waals surface area contributed by atoms with E-state index < -0.39 is 5.54 Å². The van der Waals surface area contributed by atoms with E-state index in [0.717, 1.165) is 25.7 Å². The second-order valence-corrected chi connectivity index (χ2v) is 4.47. The summed E-state index contributed by atoms with van der Waals surface area (Å²) >= 11 is 0. The van der Waals surface area contributed by atoms with Crippen LogP contribution < -0.4 is 11.1 Å². The third-order valence-electron chi connectivity index (χ3n) is 2.46. The van der Waals surface area contributed by atoms with Gasteiger partial charge in [-0.15, -0.1) is 0 Å². The highest BCUT2D eigenvalue weighted by molar-refractivity contribution is 5.93. The molecule has 0 saturated carbocycles. The second-order valence-electron chi connectivity index (χ2n) is 4.47. The first kappa shape index (κ1) is 14.7. The summed E-state index contributed by atoms with van der Waals surface area (Å²) in [5, 5.41) is 14.2. The molecule has 0 fully saturated rings. The van der Waals surface area contributed by atoms with Gasteiger partial charge in [0.15, 0.2) is 5.84 Å². The predicted octanol–water partition coefficient (Wildman–Crippen LogP) is 1.60. The fraction of sp³-hybridized carbons (Fsp3) is 0.818. The molecule has 0 heterocycles. The molecule has 0 radical (unpaired) electrons. The minimum Gasteiger partial charge on any atom is -0.409 e. The minimum atomic E-state index is -0.795. The molecule has 94 valence electrons. The maximum Gasteiger partial charge on any atom is 0.220 e. The Bertz CT molecular complexity index is 250. The van der Waals surface area contributed by atoms with E-state index in [0.29, 0.717) is 6.42 Å². The monoisotopic (exact) mass is 229 g/mol. The predicted molar refractivity (Wildman–Crippen MR) is 64.4 cm³/mol. The maximum absolute atomic E-state index is 11.5. The van der Waals surface area contributed by atoms with E-state index in [-0.39, 0.29) is 11.7 Å². The Labute approximate surface area is 97.1 Å². The molecule has 0 atom stereocenters. The van der Waals surface area contributed by atoms with Gasteiger partial charge in [-0.25, -0.2) is 0 Å². The van der Waals surface area contributed by atoms with E-state index >= 15 is 0 Å². The lowest BCUT2D eigenvalue weighted by Gasteiger charge is -2.24. The Kier molecular flexibility index (Phi) is 6.53. The zero-order valence-electron chi connectivity index (χ0n) is 10.4. The zero-order valence-corrected chi connectivity index (χ0v) is 10.4. The van der Waals surface area contributed by atoms with Crippen LogP contribution in [0, 0.1) is 0 Å². The normalized spacial score (nSPS) is 12.6. The lowest BCUT2D eigenvalue weighted by Crippen LogP contribution is -2.53. The molecule has 0 aromatic carbocycles. The van der Waals surface area contributed by atoms with Crippen molar-refractivity contribution in [2.45, 2.75) is 58.4 Å². The van der Waals surface area contributed by atoms with Crippen molar-refractivity contribution in [3.05, 3.63) is 0 Å². The molecule has 0 aliphatic heterocycles. The van der Waals surface area contributed by atoms with Gasteiger partial charge >= 0.3 is 0 Å². The van der Waals surface area contributed by atoms with Gasteiger partial charge in [-0.2, -0.15) is 0 Å². The molecular weight excluding hydrogens is 206 g/mol. The third kappa shape index (κ3) is 5.58. The topological polar surface area (TPSA) is 87.7 Å². The van der Waals surface area contributed by atoms with Crippen molar-refractivity contribution in [2.24, 2.45) is 10.9 Å². The summed E-state index contributed by atoms with van der Waals surface area (Å²) in [5.74, 6) is -0.0536. The van der Waals surface area contributed by atoms with Gasteiger partial charge in [-0.1, -0.05) is 31.3 Å². The summed E-state index contributed by atoms with van der Waals surface area (Å²) in [5.41, 5.74) is 4.67. The summed E-state index contributed by atoms with van der Waals surface area (Å²) in [4.78, 5) is 11.5. The molecule has 0 unspecified atom stereocenters. The molecule has 1 amide bonds. The number of rotatable bonds is 7. The molecule has 0 aliphatic rings. The van der Waals surface area contributed by atoms with Crippen LogP contribution in [0.5, 0.6) is 0 Å². The zero-order chi connectivity index (χ0) is 12.6. The molecule has 16 heavy (non-hydrogen) atoms. The van der Waals surface area contributed by atoms with E-state index in [1.165, 1.54) is 0 Å². The number of carbonyl (C=O) groups excluding carboxylic acids is 1. The van der Waals surface area contributed by atoms with Crippen molar-refractivity contribution in [2.75, 3.05) is 0 Å². The van der Waals surface area contributed by atoms with Gasteiger partial charge < -0.3 is 16.3 Å². The average Bonchev–Trinajstić information content (AvgIpc) is 2.22. The maximum atomic E-state index is 11.5. The van der Waals surface area contributed by atoms with Gasteiger partial charge in [0.2, 0.25) is 5.91 Å². The van der Waals surface area contributed by atoms with Gasteiger partial charge in [0.05, 0.1) is 5.54 Å². The molecule has 0 aromatic rings. The second kappa shape index (κ2) is 7.09. The molecule has 0 aromatic heterocycles. The highest BCUT2D eigenvalue weighted by atomic mass is 16.4. The first-order chi connectivity index (χ1) is 7.44. The molecular formula is C11H23N3O2. The number of amides is 1. The quantitative estimate of drug-likeness (QED) is 0.204. The number of carbonyl (C=O) groups is 1. The summed E-state index contributed by atoms with van der Waals surface area (Å²) in [7, 11) is 0. The summed E-state index contributed by atoms with van der Waals surface area (Å²) in [6, 6.07) is 0. The Morgan fingerprint density at radius 2 is 2.00 bits per heavy atom. The number of amidine groups is 1. The number of nitrogens with zero attached hydrogens (tertiary/aromatic N) is 1. The van der Waals surface area contributed by atoms with Crippen LogP contribution >= 0.6 is 0 Å². The van der Waals surface area contributed by atoms with Gasteiger partial charge in [-0.3, -0.25) is 4.79 Å². The Morgan fingerprint density at radius 1 is 1.38 bits per heavy atom. The fourth-order valence-electron chi connectivity index (χ4n) is 1.31. The van der Waals surface area contributed by atoms with Gasteiger partial charge in [0.1, 0.15) is 0 Å². The van der Waals surface area contributed by atoms with Crippen LogP contribution in [0.1, 0.15) is 52.9 Å². The van der Waals surface area contributed by atoms with E-state index in [2.05, 4.69) is 17.4 Å². The number of hydrogen-bond donors (Lipinski definition) is 3. The fourth-order valence-corrected chi connectivity index (χ4v) is 1.31. The van der Waals surface area contributed by atoms with Crippen molar-refractivity contribution >= 4 is 11.7 Å². The van der Waals surface area contributed by atoms with E-state index in [1.54, 1.807) is 13.8 Å². The van der Waals surface area contributed by atoms with Crippen molar-refractivity contribution in [3.63, 3.8) is 0 Å². The van der Waals surface area contributed by atoms with E-state index in [9.17, 15) is 4.79 Å². The molecule has 5 nitrogen and oxygen atoms in total. The van der Waals surface area contributed by atoms with E-state index in [1.807, 2.05) is 0 Å². The molecule has 0 aliphatic carbocycles. The van der Waals surface area contributed by atoms with Crippen LogP contribution in [0.3, 0.4) is 0 Å². The van der Waals surface area contributed by atoms with Gasteiger partial charge in [-0.05, 0) is 20.3 Å². The first-order valence-corrected chi connectivity index (χ1v) is 5.73. The smallest absolute Gasteiger partial charge is 0.220 e. The van der Waals surface area contributed by atoms with Crippen LogP contribution in [0.4, 0.5) is 0 Å². The van der Waals surface area contributed by atoms with Crippen LogP contribution in [-0.4, -0.2) is 22.5 Å². The standard InChI is InChI=1S/C11H23N3O2/c1-4-5-6-7-8-9(15)13-11(2,3)10(12)14-16/h16H,4-8H2,1-3H3,(H2,12,14)(H,13,15). The lowest BCUT2D eigenvalue weighted by atomic mass is 10.0. The van der Waals surface area contributed by atoms with E-state index in [4.69, 9.17) is 10.9 Å². The average molecular weight is 229 g/mol. The SMILES string of the molecule is CCCCCCC(=O)NC(C)(C)C(N)=NO. The van der Waals surface area contributed by atoms with Crippen molar-refractivity contribution in [1.82, 2.24) is 5.32 Å². The highest BCUT2D eigenvalue weighted by Gasteiger charge is 2.25. The first-order valence-electron chi connectivity index (χ1n) is 5.73. The Balaban J connectivity index is 3.95. The molecule has 0 rings (SSSR count). The van der Waals surface area contributed by atoms with Crippen molar-refractivity contribution in [3.8, 4) is 0 Å². The number of unbranched alkanes of at least 4 members (excludes halogenated alkanes) is 3. The van der Waals surface area contributed by atoms with Crippen LogP contribution in [0.15, 0.2) is 5.16 Å². The minimum absolute atomic E-state index is 0.00871. The summed E-state index contributed by atoms with van der Waals surface area (Å²) in [6.45, 7) is 5.53. The number of nitrogens with two attached hydrogens (primary N) is 1. The third-order valence-corrected chi connectivity index (χ3v) is 2.46.